The molecule has 1 amide bonds. The van der Waals surface area contributed by atoms with Crippen LogP contribution in [0.15, 0.2) is 48.5 Å². The van der Waals surface area contributed by atoms with E-state index in [1.165, 1.54) is 5.69 Å². The van der Waals surface area contributed by atoms with Crippen molar-refractivity contribution in [2.24, 2.45) is 0 Å². The molecule has 1 unspecified atom stereocenters. The fourth-order valence-corrected chi connectivity index (χ4v) is 3.11. The summed E-state index contributed by atoms with van der Waals surface area (Å²) in [6, 6.07) is 16.1. The van der Waals surface area contributed by atoms with Gasteiger partial charge in [-0.2, -0.15) is 0 Å². The lowest BCUT2D eigenvalue weighted by molar-refractivity contribution is 0.0735. The highest BCUT2D eigenvalue weighted by molar-refractivity contribution is 6.01. The number of hydrogen-bond donors (Lipinski definition) is 1. The Bertz CT molecular complexity index is 692. The second-order valence-corrected chi connectivity index (χ2v) is 5.77. The first kappa shape index (κ1) is 15.4. The number of carbonyl (C=O) groups is 1. The molecule has 0 saturated carbocycles. The van der Waals surface area contributed by atoms with Gasteiger partial charge in [0.2, 0.25) is 0 Å². The van der Waals surface area contributed by atoms with Crippen molar-refractivity contribution in [3.8, 4) is 0 Å². The predicted octanol–water partition coefficient (Wildman–Crippen LogP) is 3.73. The second-order valence-electron chi connectivity index (χ2n) is 5.77. The van der Waals surface area contributed by atoms with E-state index < -0.39 is 0 Å². The van der Waals surface area contributed by atoms with Crippen LogP contribution in [0, 0.1) is 0 Å². The number of hydrogen-bond acceptors (Lipinski definition) is 3. The molecule has 0 bridgehead atoms. The molecule has 4 heteroatoms. The number of rotatable bonds is 4. The lowest BCUT2D eigenvalue weighted by Crippen LogP contribution is -2.40. The van der Waals surface area contributed by atoms with E-state index in [-0.39, 0.29) is 12.1 Å². The predicted molar refractivity (Wildman–Crippen MR) is 94.9 cm³/mol. The van der Waals surface area contributed by atoms with Gasteiger partial charge in [0.25, 0.3) is 5.91 Å². The van der Waals surface area contributed by atoms with Gasteiger partial charge in [-0.25, -0.2) is 0 Å². The third-order valence-electron chi connectivity index (χ3n) is 4.49. The van der Waals surface area contributed by atoms with Gasteiger partial charge in [-0.05, 0) is 43.7 Å². The molecule has 1 aliphatic rings. The van der Waals surface area contributed by atoms with Crippen molar-refractivity contribution in [1.29, 1.82) is 0 Å². The highest BCUT2D eigenvalue weighted by Gasteiger charge is 2.29. The molecule has 0 aromatic heterocycles. The van der Waals surface area contributed by atoms with Crippen LogP contribution in [0.2, 0.25) is 0 Å². The van der Waals surface area contributed by atoms with E-state index in [0.717, 1.165) is 29.9 Å². The van der Waals surface area contributed by atoms with Crippen molar-refractivity contribution in [3.63, 3.8) is 0 Å². The molecule has 0 saturated heterocycles. The lowest BCUT2D eigenvalue weighted by atomic mass is 10.0. The molecule has 2 aromatic carbocycles. The Morgan fingerprint density at radius 3 is 2.35 bits per heavy atom. The number of fused-ring (bicyclic) bond motifs is 1. The van der Waals surface area contributed by atoms with Crippen molar-refractivity contribution in [3.05, 3.63) is 59.7 Å². The minimum atomic E-state index is -0.136. The van der Waals surface area contributed by atoms with E-state index in [0.29, 0.717) is 0 Å². The second kappa shape index (κ2) is 6.32. The van der Waals surface area contributed by atoms with Gasteiger partial charge in [-0.3, -0.25) is 4.79 Å². The summed E-state index contributed by atoms with van der Waals surface area (Å²) in [6.07, 6.45) is -0.136. The van der Waals surface area contributed by atoms with Gasteiger partial charge in [0.15, 0.2) is 0 Å². The smallest absolute Gasteiger partial charge is 0.257 e. The zero-order valence-electron chi connectivity index (χ0n) is 13.9. The van der Waals surface area contributed by atoms with Crippen molar-refractivity contribution < 1.29 is 4.79 Å². The van der Waals surface area contributed by atoms with Crippen LogP contribution in [0.5, 0.6) is 0 Å². The summed E-state index contributed by atoms with van der Waals surface area (Å²) in [5.41, 5.74) is 3.93. The Morgan fingerprint density at radius 2 is 1.70 bits per heavy atom. The van der Waals surface area contributed by atoms with Crippen molar-refractivity contribution in [2.75, 3.05) is 30.4 Å². The van der Waals surface area contributed by atoms with Gasteiger partial charge in [0.1, 0.15) is 6.17 Å². The minimum absolute atomic E-state index is 0.0529. The number of nitrogens with one attached hydrogen (secondary N) is 1. The monoisotopic (exact) mass is 309 g/mol. The summed E-state index contributed by atoms with van der Waals surface area (Å²) < 4.78 is 0. The minimum Gasteiger partial charge on any atom is -0.372 e. The maximum atomic E-state index is 12.5. The number of amides is 1. The third kappa shape index (κ3) is 2.77. The first-order chi connectivity index (χ1) is 11.2. The van der Waals surface area contributed by atoms with Gasteiger partial charge in [0.05, 0.1) is 5.56 Å². The van der Waals surface area contributed by atoms with Crippen LogP contribution in [-0.2, 0) is 0 Å². The standard InChI is InChI=1S/C19H23N3O/c1-4-22(5-2)15-12-10-14(11-13-15)18-20-17-9-7-6-8-16(17)19(23)21(18)3/h6-13,18,20H,4-5H2,1-3H3. The molecule has 0 fully saturated rings. The summed E-state index contributed by atoms with van der Waals surface area (Å²) >= 11 is 0. The highest BCUT2D eigenvalue weighted by atomic mass is 16.2. The fourth-order valence-electron chi connectivity index (χ4n) is 3.11. The van der Waals surface area contributed by atoms with Crippen molar-refractivity contribution >= 4 is 17.3 Å². The van der Waals surface area contributed by atoms with Crippen LogP contribution >= 0.6 is 0 Å². The number of anilines is 2. The van der Waals surface area contributed by atoms with Gasteiger partial charge in [-0.15, -0.1) is 0 Å². The molecule has 0 radical (unpaired) electrons. The quantitative estimate of drug-likeness (QED) is 0.935. The van der Waals surface area contributed by atoms with Crippen LogP contribution in [0.25, 0.3) is 0 Å². The molecule has 23 heavy (non-hydrogen) atoms. The van der Waals surface area contributed by atoms with Crippen molar-refractivity contribution in [2.45, 2.75) is 20.0 Å². The third-order valence-corrected chi connectivity index (χ3v) is 4.49. The fraction of sp³-hybridized carbons (Fsp3) is 0.316. The Labute approximate surface area is 137 Å². The molecule has 3 rings (SSSR count). The molecule has 1 N–H and O–H groups in total. The molecular formula is C19H23N3O. The summed E-state index contributed by atoms with van der Waals surface area (Å²) in [5.74, 6) is 0.0529. The summed E-state index contributed by atoms with van der Waals surface area (Å²) in [6.45, 7) is 6.29. The molecule has 0 aliphatic carbocycles. The number of benzene rings is 2. The molecule has 1 aliphatic heterocycles. The Morgan fingerprint density at radius 1 is 1.04 bits per heavy atom. The first-order valence-corrected chi connectivity index (χ1v) is 8.13. The van der Waals surface area contributed by atoms with Crippen LogP contribution in [0.1, 0.15) is 35.9 Å². The SMILES string of the molecule is CCN(CC)c1ccc(C2Nc3ccccc3C(=O)N2C)cc1. The summed E-state index contributed by atoms with van der Waals surface area (Å²) in [7, 11) is 1.84. The normalized spacial score (nSPS) is 16.7. The molecular weight excluding hydrogens is 286 g/mol. The number of carbonyl (C=O) groups excluding carboxylic acids is 1. The largest absolute Gasteiger partial charge is 0.372 e. The van der Waals surface area contributed by atoms with E-state index in [1.807, 2.05) is 31.3 Å². The molecule has 2 aromatic rings. The average molecular weight is 309 g/mol. The molecule has 0 spiro atoms. The van der Waals surface area contributed by atoms with E-state index in [4.69, 9.17) is 0 Å². The van der Waals surface area contributed by atoms with Crippen LogP contribution in [0.4, 0.5) is 11.4 Å². The summed E-state index contributed by atoms with van der Waals surface area (Å²) in [5, 5.41) is 3.46. The average Bonchev–Trinajstić information content (AvgIpc) is 2.60. The van der Waals surface area contributed by atoms with Crippen LogP contribution < -0.4 is 10.2 Å². The van der Waals surface area contributed by atoms with Gasteiger partial charge in [-0.1, -0.05) is 24.3 Å². The Balaban J connectivity index is 1.89. The molecule has 120 valence electrons. The number of nitrogens with zero attached hydrogens (tertiary/aromatic N) is 2. The topological polar surface area (TPSA) is 35.6 Å². The Kier molecular flexibility index (Phi) is 4.24. The van der Waals surface area contributed by atoms with Crippen molar-refractivity contribution in [1.82, 2.24) is 4.90 Å². The van der Waals surface area contributed by atoms with E-state index in [9.17, 15) is 4.79 Å². The van der Waals surface area contributed by atoms with Gasteiger partial charge >= 0.3 is 0 Å². The molecule has 1 heterocycles. The van der Waals surface area contributed by atoms with Crippen LogP contribution in [-0.4, -0.2) is 30.9 Å². The first-order valence-electron chi connectivity index (χ1n) is 8.13. The Hall–Kier alpha value is -2.49. The van der Waals surface area contributed by atoms with E-state index >= 15 is 0 Å². The van der Waals surface area contributed by atoms with E-state index in [1.54, 1.807) is 4.90 Å². The zero-order chi connectivity index (χ0) is 16.4. The van der Waals surface area contributed by atoms with Gasteiger partial charge < -0.3 is 15.1 Å². The zero-order valence-corrected chi connectivity index (χ0v) is 13.9. The highest BCUT2D eigenvalue weighted by Crippen LogP contribution is 2.32. The van der Waals surface area contributed by atoms with Crippen LogP contribution in [0.3, 0.4) is 0 Å². The molecule has 4 nitrogen and oxygen atoms in total. The van der Waals surface area contributed by atoms with E-state index in [2.05, 4.69) is 48.3 Å². The maximum absolute atomic E-state index is 12.5. The van der Waals surface area contributed by atoms with Gasteiger partial charge in [0, 0.05) is 31.5 Å². The number of para-hydroxylation sites is 1. The molecule has 1 atom stereocenters. The maximum Gasteiger partial charge on any atom is 0.257 e. The lowest BCUT2D eigenvalue weighted by Gasteiger charge is -2.35. The summed E-state index contributed by atoms with van der Waals surface area (Å²) in [4.78, 5) is 16.6.